The molecule has 51 heavy (non-hydrogen) atoms. The molecule has 3 fully saturated rings. The molecule has 3 heterocycles. The van der Waals surface area contributed by atoms with Gasteiger partial charge in [-0.15, -0.1) is 10.2 Å². The smallest absolute Gasteiger partial charge is 0.338 e. The highest BCUT2D eigenvalue weighted by Crippen LogP contribution is 2.52. The molecule has 0 amide bonds. The maximum Gasteiger partial charge on any atom is 0.338 e. The maximum absolute atomic E-state index is 12.7. The quantitative estimate of drug-likeness (QED) is 0.141. The van der Waals surface area contributed by atoms with Crippen molar-refractivity contribution in [3.63, 3.8) is 0 Å². The van der Waals surface area contributed by atoms with Crippen molar-refractivity contribution in [3.8, 4) is 0 Å². The summed E-state index contributed by atoms with van der Waals surface area (Å²) >= 11 is 0. The van der Waals surface area contributed by atoms with Gasteiger partial charge in [-0.2, -0.15) is 0 Å². The molecule has 3 atom stereocenters. The number of benzene rings is 3. The lowest BCUT2D eigenvalue weighted by Crippen LogP contribution is -2.55. The van der Waals surface area contributed by atoms with Crippen molar-refractivity contribution in [2.45, 2.75) is 77.0 Å². The van der Waals surface area contributed by atoms with Gasteiger partial charge in [-0.05, 0) is 93.4 Å². The molecular weight excluding hydrogens is 638 g/mol. The van der Waals surface area contributed by atoms with Crippen LogP contribution in [-0.2, 0) is 32.8 Å². The monoisotopic (exact) mass is 689 g/mol. The van der Waals surface area contributed by atoms with Crippen molar-refractivity contribution in [1.82, 2.24) is 19.7 Å². The Kier molecular flexibility index (Phi) is 10.8. The molecule has 1 aliphatic carbocycles. The molecule has 9 nitrogen and oxygen atoms in total. The van der Waals surface area contributed by atoms with E-state index in [1.165, 1.54) is 5.56 Å². The predicted octanol–water partition coefficient (Wildman–Crippen LogP) is 6.85. The number of ether oxygens (including phenoxy) is 2. The highest BCUT2D eigenvalue weighted by atomic mass is 16.5. The minimum atomic E-state index is -0.297. The van der Waals surface area contributed by atoms with Crippen LogP contribution >= 0.6 is 0 Å². The number of aromatic nitrogens is 3. The lowest BCUT2D eigenvalue weighted by Gasteiger charge is -2.51. The third-order valence-corrected chi connectivity index (χ3v) is 11.7. The first-order chi connectivity index (χ1) is 24.9. The van der Waals surface area contributed by atoms with Crippen LogP contribution in [0.15, 0.2) is 91.3 Å². The average molecular weight is 690 g/mol. The Hall–Kier alpha value is -4.50. The van der Waals surface area contributed by atoms with Gasteiger partial charge in [0.1, 0.15) is 24.9 Å². The van der Waals surface area contributed by atoms with E-state index in [0.29, 0.717) is 23.8 Å². The zero-order chi connectivity index (χ0) is 35.2. The first-order valence-electron chi connectivity index (χ1n) is 18.8. The van der Waals surface area contributed by atoms with E-state index < -0.39 is 0 Å². The number of esters is 2. The van der Waals surface area contributed by atoms with Gasteiger partial charge in [-0.3, -0.25) is 4.79 Å². The lowest BCUT2D eigenvalue weighted by molar-refractivity contribution is -0.152. The van der Waals surface area contributed by atoms with Crippen LogP contribution in [0.5, 0.6) is 0 Å². The Labute approximate surface area is 302 Å². The number of piperidine rings is 1. The lowest BCUT2D eigenvalue weighted by atomic mass is 9.58. The second-order valence-corrected chi connectivity index (χ2v) is 14.8. The molecule has 0 N–H and O–H groups in total. The summed E-state index contributed by atoms with van der Waals surface area (Å²) < 4.78 is 13.9. The minimum absolute atomic E-state index is 0.0811. The second kappa shape index (κ2) is 15.8. The number of aryl methyl sites for hydroxylation is 1. The first-order valence-corrected chi connectivity index (χ1v) is 18.8. The molecule has 2 saturated heterocycles. The van der Waals surface area contributed by atoms with E-state index >= 15 is 0 Å². The largest absolute Gasteiger partial charge is 0.462 e. The molecule has 9 heteroatoms. The Balaban J connectivity index is 0.988. The summed E-state index contributed by atoms with van der Waals surface area (Å²) in [5.74, 6) is 1.79. The van der Waals surface area contributed by atoms with Gasteiger partial charge in [0.05, 0.1) is 5.56 Å². The molecule has 4 aromatic rings. The Morgan fingerprint density at radius 2 is 1.59 bits per heavy atom. The van der Waals surface area contributed by atoms with Crippen LogP contribution in [0.4, 0.5) is 5.69 Å². The van der Waals surface area contributed by atoms with Crippen LogP contribution in [0.2, 0.25) is 0 Å². The van der Waals surface area contributed by atoms with E-state index in [2.05, 4.69) is 54.9 Å². The number of carbonyl (C=O) groups is 2. The molecular formula is C42H51N5O4. The summed E-state index contributed by atoms with van der Waals surface area (Å²) in [4.78, 5) is 30.3. The van der Waals surface area contributed by atoms with Gasteiger partial charge in [0.2, 0.25) is 0 Å². The Morgan fingerprint density at radius 1 is 0.882 bits per heavy atom. The fourth-order valence-corrected chi connectivity index (χ4v) is 9.00. The van der Waals surface area contributed by atoms with Crippen LogP contribution in [0, 0.1) is 24.7 Å². The second-order valence-electron chi connectivity index (χ2n) is 14.8. The molecule has 3 aliphatic rings. The van der Waals surface area contributed by atoms with Crippen LogP contribution in [0.25, 0.3) is 0 Å². The standard InChI is InChI=1S/C42H51N5O4/c1-3-40(48)51-39-16-10-15-38(39)42(35-13-8-5-9-14-35,29-47-30-43-44-31(47)2)36-21-23-45(24-22-36)25-33-26-46(27-33)37-19-17-34(18-20-37)41(49)50-28-32-11-6-4-7-12-32/h4-9,11-14,17-20,30,33,36,38-39H,3,10,15-16,21-29H2,1-2H3/t38-,39-,42+/m0/s1. The number of hydrogen-bond acceptors (Lipinski definition) is 8. The molecule has 2 aliphatic heterocycles. The summed E-state index contributed by atoms with van der Waals surface area (Å²) in [6, 6.07) is 28.6. The van der Waals surface area contributed by atoms with E-state index in [4.69, 9.17) is 9.47 Å². The van der Waals surface area contributed by atoms with Gasteiger partial charge >= 0.3 is 11.9 Å². The van der Waals surface area contributed by atoms with Crippen LogP contribution in [-0.4, -0.2) is 70.4 Å². The average Bonchev–Trinajstić information content (AvgIpc) is 3.80. The molecule has 1 saturated carbocycles. The van der Waals surface area contributed by atoms with Gasteiger partial charge in [0.15, 0.2) is 0 Å². The molecule has 0 bridgehead atoms. The number of carbonyl (C=O) groups excluding carboxylic acids is 2. The summed E-state index contributed by atoms with van der Waals surface area (Å²) in [6.45, 7) is 10.2. The van der Waals surface area contributed by atoms with Gasteiger partial charge < -0.3 is 23.8 Å². The third-order valence-electron chi connectivity index (χ3n) is 11.7. The van der Waals surface area contributed by atoms with Crippen molar-refractivity contribution < 1.29 is 19.1 Å². The first kappa shape index (κ1) is 34.9. The van der Waals surface area contributed by atoms with Gasteiger partial charge in [-0.25, -0.2) is 4.79 Å². The molecule has 0 unspecified atom stereocenters. The topological polar surface area (TPSA) is 89.8 Å². The maximum atomic E-state index is 12.7. The minimum Gasteiger partial charge on any atom is -0.462 e. The van der Waals surface area contributed by atoms with Crippen molar-refractivity contribution in [2.75, 3.05) is 37.6 Å². The Morgan fingerprint density at radius 3 is 2.25 bits per heavy atom. The fourth-order valence-electron chi connectivity index (χ4n) is 9.00. The molecule has 1 aromatic heterocycles. The fraction of sp³-hybridized carbons (Fsp3) is 0.476. The summed E-state index contributed by atoms with van der Waals surface area (Å²) in [5.41, 5.74) is 3.84. The SMILES string of the molecule is CCC(=O)O[C@H]1CCC[C@@H]1[C@](Cn1cnnc1C)(c1ccccc1)C1CCN(CC2CN(c3ccc(C(=O)OCc4ccccc4)cc3)C2)CC1. The molecule has 0 spiro atoms. The molecule has 3 aromatic carbocycles. The zero-order valence-electron chi connectivity index (χ0n) is 30.0. The predicted molar refractivity (Wildman–Crippen MR) is 197 cm³/mol. The highest BCUT2D eigenvalue weighted by molar-refractivity contribution is 5.89. The summed E-state index contributed by atoms with van der Waals surface area (Å²) in [6.07, 6.45) is 7.42. The number of rotatable bonds is 13. The number of nitrogens with zero attached hydrogens (tertiary/aromatic N) is 5. The van der Waals surface area contributed by atoms with Crippen molar-refractivity contribution in [3.05, 3.63) is 114 Å². The number of likely N-dealkylation sites (tertiary alicyclic amines) is 1. The van der Waals surface area contributed by atoms with Gasteiger partial charge in [-0.1, -0.05) is 67.6 Å². The zero-order valence-corrected chi connectivity index (χ0v) is 30.0. The van der Waals surface area contributed by atoms with E-state index in [1.54, 1.807) is 0 Å². The van der Waals surface area contributed by atoms with Crippen molar-refractivity contribution >= 4 is 17.6 Å². The van der Waals surface area contributed by atoms with Gasteiger partial charge in [0, 0.05) is 55.5 Å². The van der Waals surface area contributed by atoms with Crippen molar-refractivity contribution in [1.29, 1.82) is 0 Å². The van der Waals surface area contributed by atoms with Crippen LogP contribution in [0.3, 0.4) is 0 Å². The summed E-state index contributed by atoms with van der Waals surface area (Å²) in [5, 5.41) is 8.63. The van der Waals surface area contributed by atoms with Crippen LogP contribution < -0.4 is 4.90 Å². The van der Waals surface area contributed by atoms with E-state index in [9.17, 15) is 9.59 Å². The molecule has 268 valence electrons. The number of hydrogen-bond donors (Lipinski definition) is 0. The van der Waals surface area contributed by atoms with Crippen LogP contribution in [0.1, 0.15) is 72.8 Å². The summed E-state index contributed by atoms with van der Waals surface area (Å²) in [7, 11) is 0. The van der Waals surface area contributed by atoms with Crippen molar-refractivity contribution in [2.24, 2.45) is 17.8 Å². The normalized spacial score (nSPS) is 21.2. The Bertz CT molecular complexity index is 1730. The third kappa shape index (κ3) is 7.74. The van der Waals surface area contributed by atoms with Gasteiger partial charge in [0.25, 0.3) is 0 Å². The van der Waals surface area contributed by atoms with E-state index in [0.717, 1.165) is 88.4 Å². The highest BCUT2D eigenvalue weighted by Gasteiger charge is 2.53. The molecule has 7 rings (SSSR count). The number of anilines is 1. The van der Waals surface area contributed by atoms with E-state index in [1.807, 2.05) is 74.8 Å². The molecule has 0 radical (unpaired) electrons. The van der Waals surface area contributed by atoms with E-state index in [-0.39, 0.29) is 36.0 Å².